The second-order valence-corrected chi connectivity index (χ2v) is 8.29. The van der Waals surface area contributed by atoms with Crippen LogP contribution in [-0.4, -0.2) is 22.9 Å². The average molecular weight is 401 g/mol. The van der Waals surface area contributed by atoms with Crippen molar-refractivity contribution in [2.24, 2.45) is 5.92 Å². The van der Waals surface area contributed by atoms with Gasteiger partial charge < -0.3 is 15.7 Å². The number of fused-ring (bicyclic) bond motifs is 1. The summed E-state index contributed by atoms with van der Waals surface area (Å²) in [6, 6.07) is 9.67. The molecule has 1 aromatic heterocycles. The van der Waals surface area contributed by atoms with Crippen LogP contribution in [0.5, 0.6) is 0 Å². The first kappa shape index (κ1) is 20.1. The van der Waals surface area contributed by atoms with E-state index in [2.05, 4.69) is 10.6 Å². The molecule has 3 rings (SSSR count). The molecule has 148 valence electrons. The van der Waals surface area contributed by atoms with Crippen molar-refractivity contribution in [1.82, 2.24) is 5.32 Å². The number of carboxylic acids is 1. The highest BCUT2D eigenvalue weighted by Crippen LogP contribution is 2.39. The molecule has 7 heteroatoms. The number of benzene rings is 1. The first-order valence-electron chi connectivity index (χ1n) is 9.42. The Labute approximate surface area is 168 Å². The largest absolute Gasteiger partial charge is 0.481 e. The molecule has 1 heterocycles. The molecule has 0 spiro atoms. The number of carbonyl (C=O) groups excluding carboxylic acids is 2. The van der Waals surface area contributed by atoms with E-state index in [0.717, 1.165) is 35.3 Å². The first-order valence-corrected chi connectivity index (χ1v) is 10.2. The molecule has 1 aliphatic carbocycles. The Balaban J connectivity index is 1.71. The van der Waals surface area contributed by atoms with E-state index >= 15 is 0 Å². The van der Waals surface area contributed by atoms with Gasteiger partial charge in [-0.15, -0.1) is 11.3 Å². The Morgan fingerprint density at radius 3 is 2.61 bits per heavy atom. The summed E-state index contributed by atoms with van der Waals surface area (Å²) in [6.45, 7) is 2.16. The highest BCUT2D eigenvalue weighted by atomic mass is 32.1. The molecule has 1 aliphatic rings. The minimum atomic E-state index is -0.920. The summed E-state index contributed by atoms with van der Waals surface area (Å²) in [5.74, 6) is -1.63. The standard InChI is InChI=1S/C21H24N2O4S/c1-13(11-18(25)26)10-17(24)23-21-19(15-8-5-9-16(15)28-21)20(27)22-12-14-6-3-2-4-7-14/h2-4,6-7,13H,5,8-12H2,1H3,(H,22,27)(H,23,24)(H,25,26)/t13-/m1/s1. The smallest absolute Gasteiger partial charge is 0.303 e. The average Bonchev–Trinajstić information content (AvgIpc) is 3.20. The van der Waals surface area contributed by atoms with E-state index in [1.165, 1.54) is 11.3 Å². The van der Waals surface area contributed by atoms with Gasteiger partial charge in [0.25, 0.3) is 5.91 Å². The van der Waals surface area contributed by atoms with E-state index in [0.29, 0.717) is 17.1 Å². The number of anilines is 1. The summed E-state index contributed by atoms with van der Waals surface area (Å²) in [5.41, 5.74) is 2.60. The molecule has 2 amide bonds. The third-order valence-electron chi connectivity index (χ3n) is 4.75. The van der Waals surface area contributed by atoms with Crippen LogP contribution >= 0.6 is 11.3 Å². The molecule has 1 aromatic carbocycles. The summed E-state index contributed by atoms with van der Waals surface area (Å²) in [7, 11) is 0. The van der Waals surface area contributed by atoms with Gasteiger partial charge >= 0.3 is 5.97 Å². The predicted molar refractivity (Wildman–Crippen MR) is 109 cm³/mol. The fourth-order valence-corrected chi connectivity index (χ4v) is 4.77. The van der Waals surface area contributed by atoms with Gasteiger partial charge in [-0.25, -0.2) is 0 Å². The van der Waals surface area contributed by atoms with Crippen LogP contribution in [0.2, 0.25) is 0 Å². The van der Waals surface area contributed by atoms with Crippen molar-refractivity contribution in [3.8, 4) is 0 Å². The monoisotopic (exact) mass is 400 g/mol. The molecule has 0 saturated carbocycles. The number of amides is 2. The molecule has 0 bridgehead atoms. The second-order valence-electron chi connectivity index (χ2n) is 7.19. The van der Waals surface area contributed by atoms with Gasteiger partial charge in [0.2, 0.25) is 5.91 Å². The fourth-order valence-electron chi connectivity index (χ4n) is 3.46. The van der Waals surface area contributed by atoms with E-state index in [1.54, 1.807) is 6.92 Å². The summed E-state index contributed by atoms with van der Waals surface area (Å²) < 4.78 is 0. The van der Waals surface area contributed by atoms with Crippen LogP contribution in [0, 0.1) is 5.92 Å². The molecule has 0 fully saturated rings. The minimum absolute atomic E-state index is 0.0568. The molecular formula is C21H24N2O4S. The van der Waals surface area contributed by atoms with Crippen molar-refractivity contribution in [3.63, 3.8) is 0 Å². The van der Waals surface area contributed by atoms with E-state index in [4.69, 9.17) is 5.11 Å². The molecule has 0 radical (unpaired) electrons. The van der Waals surface area contributed by atoms with Gasteiger partial charge in [0.05, 0.1) is 5.56 Å². The zero-order valence-electron chi connectivity index (χ0n) is 15.8. The van der Waals surface area contributed by atoms with Crippen LogP contribution in [-0.2, 0) is 29.0 Å². The van der Waals surface area contributed by atoms with Crippen LogP contribution in [0.25, 0.3) is 0 Å². The summed E-state index contributed by atoms with van der Waals surface area (Å²) >= 11 is 1.46. The summed E-state index contributed by atoms with van der Waals surface area (Å²) in [5, 5.41) is 15.2. The topological polar surface area (TPSA) is 95.5 Å². The maximum atomic E-state index is 12.9. The van der Waals surface area contributed by atoms with Crippen molar-refractivity contribution in [3.05, 3.63) is 51.9 Å². The number of rotatable bonds is 8. The number of carboxylic acid groups (broad SMARTS) is 1. The maximum Gasteiger partial charge on any atom is 0.303 e. The highest BCUT2D eigenvalue weighted by molar-refractivity contribution is 7.17. The molecule has 3 N–H and O–H groups in total. The number of carbonyl (C=O) groups is 3. The van der Waals surface area contributed by atoms with E-state index < -0.39 is 5.97 Å². The van der Waals surface area contributed by atoms with Gasteiger partial charge in [0.1, 0.15) is 5.00 Å². The molecule has 0 saturated heterocycles. The number of aliphatic carboxylic acids is 1. The lowest BCUT2D eigenvalue weighted by Crippen LogP contribution is -2.25. The first-order chi connectivity index (χ1) is 13.4. The zero-order valence-corrected chi connectivity index (χ0v) is 16.6. The zero-order chi connectivity index (χ0) is 20.1. The number of hydrogen-bond acceptors (Lipinski definition) is 4. The van der Waals surface area contributed by atoms with Crippen molar-refractivity contribution in [1.29, 1.82) is 0 Å². The molecule has 6 nitrogen and oxygen atoms in total. The van der Waals surface area contributed by atoms with Gasteiger partial charge in [0.15, 0.2) is 0 Å². The van der Waals surface area contributed by atoms with Crippen LogP contribution < -0.4 is 10.6 Å². The van der Waals surface area contributed by atoms with Crippen molar-refractivity contribution in [2.45, 2.75) is 45.6 Å². The lowest BCUT2D eigenvalue weighted by atomic mass is 10.0. The number of hydrogen-bond donors (Lipinski definition) is 3. The Kier molecular flexibility index (Phi) is 6.46. The van der Waals surface area contributed by atoms with Crippen molar-refractivity contribution >= 4 is 34.1 Å². The summed E-state index contributed by atoms with van der Waals surface area (Å²) in [4.78, 5) is 37.2. The van der Waals surface area contributed by atoms with Crippen LogP contribution in [0.1, 0.15) is 52.5 Å². The number of thiophene rings is 1. The lowest BCUT2D eigenvalue weighted by Gasteiger charge is -2.11. The van der Waals surface area contributed by atoms with E-state index in [1.807, 2.05) is 30.3 Å². The minimum Gasteiger partial charge on any atom is -0.481 e. The molecule has 2 aromatic rings. The Morgan fingerprint density at radius 2 is 1.89 bits per heavy atom. The van der Waals surface area contributed by atoms with Crippen molar-refractivity contribution < 1.29 is 19.5 Å². The number of nitrogens with one attached hydrogen (secondary N) is 2. The van der Waals surface area contributed by atoms with Gasteiger partial charge in [0, 0.05) is 24.3 Å². The molecular weight excluding hydrogens is 376 g/mol. The second kappa shape index (κ2) is 9.01. The quantitative estimate of drug-likeness (QED) is 0.631. The third-order valence-corrected chi connectivity index (χ3v) is 5.96. The van der Waals surface area contributed by atoms with E-state index in [-0.39, 0.29) is 30.6 Å². The van der Waals surface area contributed by atoms with Gasteiger partial charge in [-0.2, -0.15) is 0 Å². The Hall–Kier alpha value is -2.67. The van der Waals surface area contributed by atoms with Crippen LogP contribution in [0.4, 0.5) is 5.00 Å². The Bertz CT molecular complexity index is 876. The lowest BCUT2D eigenvalue weighted by molar-refractivity contribution is -0.138. The molecule has 0 aliphatic heterocycles. The fraction of sp³-hybridized carbons (Fsp3) is 0.381. The van der Waals surface area contributed by atoms with Crippen LogP contribution in [0.3, 0.4) is 0 Å². The van der Waals surface area contributed by atoms with Crippen molar-refractivity contribution in [2.75, 3.05) is 5.32 Å². The molecule has 1 atom stereocenters. The molecule has 0 unspecified atom stereocenters. The maximum absolute atomic E-state index is 12.9. The van der Waals surface area contributed by atoms with Crippen LogP contribution in [0.15, 0.2) is 30.3 Å². The predicted octanol–water partition coefficient (Wildman–Crippen LogP) is 3.61. The normalized spacial score (nSPS) is 13.6. The van der Waals surface area contributed by atoms with Gasteiger partial charge in [-0.3, -0.25) is 14.4 Å². The Morgan fingerprint density at radius 1 is 1.14 bits per heavy atom. The van der Waals surface area contributed by atoms with Gasteiger partial charge in [-0.05, 0) is 36.3 Å². The molecule has 28 heavy (non-hydrogen) atoms. The summed E-state index contributed by atoms with van der Waals surface area (Å²) in [6.07, 6.45) is 2.83. The van der Waals surface area contributed by atoms with Gasteiger partial charge in [-0.1, -0.05) is 37.3 Å². The highest BCUT2D eigenvalue weighted by Gasteiger charge is 2.27. The van der Waals surface area contributed by atoms with E-state index in [9.17, 15) is 14.4 Å². The number of aryl methyl sites for hydroxylation is 1. The third kappa shape index (κ3) is 4.98. The SMILES string of the molecule is C[C@@H](CC(=O)O)CC(=O)Nc1sc2c(c1C(=O)NCc1ccccc1)CCC2.